The van der Waals surface area contributed by atoms with Gasteiger partial charge in [0.25, 0.3) is 0 Å². The molecular formula is C15H32N2O. The molecule has 1 aliphatic carbocycles. The fourth-order valence-electron chi connectivity index (χ4n) is 3.23. The van der Waals surface area contributed by atoms with Gasteiger partial charge >= 0.3 is 0 Å². The fraction of sp³-hybridized carbons (Fsp3) is 1.00. The standard InChI is InChI=1S/C15H32N2O/c1-4-6-7-8-14(17-16)15(18-5-2)11-9-13(3)10-12-15/h13-14,17H,4-12,16H2,1-3H3. The third-order valence-corrected chi connectivity index (χ3v) is 4.49. The minimum Gasteiger partial charge on any atom is -0.374 e. The maximum absolute atomic E-state index is 6.16. The molecule has 0 radical (unpaired) electrons. The molecule has 0 aromatic heterocycles. The number of unbranched alkanes of at least 4 members (excludes halogenated alkanes) is 2. The van der Waals surface area contributed by atoms with Crippen LogP contribution in [0.4, 0.5) is 0 Å². The van der Waals surface area contributed by atoms with Crippen molar-refractivity contribution in [3.63, 3.8) is 0 Å². The molecule has 3 nitrogen and oxygen atoms in total. The summed E-state index contributed by atoms with van der Waals surface area (Å²) in [6, 6.07) is 0.316. The Kier molecular flexibility index (Phi) is 7.20. The maximum atomic E-state index is 6.16. The number of rotatable bonds is 8. The van der Waals surface area contributed by atoms with E-state index in [0.717, 1.165) is 31.8 Å². The molecule has 18 heavy (non-hydrogen) atoms. The van der Waals surface area contributed by atoms with E-state index in [1.54, 1.807) is 0 Å². The van der Waals surface area contributed by atoms with Crippen molar-refractivity contribution in [3.05, 3.63) is 0 Å². The van der Waals surface area contributed by atoms with Gasteiger partial charge in [0.2, 0.25) is 0 Å². The second-order valence-corrected chi connectivity index (χ2v) is 5.90. The van der Waals surface area contributed by atoms with Crippen molar-refractivity contribution in [2.75, 3.05) is 6.61 Å². The van der Waals surface area contributed by atoms with Crippen molar-refractivity contribution in [1.29, 1.82) is 0 Å². The van der Waals surface area contributed by atoms with Crippen LogP contribution in [-0.2, 0) is 4.74 Å². The van der Waals surface area contributed by atoms with Gasteiger partial charge in [0, 0.05) is 6.61 Å². The summed E-state index contributed by atoms with van der Waals surface area (Å²) in [4.78, 5) is 0. The summed E-state index contributed by atoms with van der Waals surface area (Å²) < 4.78 is 6.16. The van der Waals surface area contributed by atoms with Gasteiger partial charge in [0.15, 0.2) is 0 Å². The van der Waals surface area contributed by atoms with E-state index in [4.69, 9.17) is 10.6 Å². The first-order chi connectivity index (χ1) is 8.68. The van der Waals surface area contributed by atoms with Crippen LogP contribution in [0.2, 0.25) is 0 Å². The predicted octanol–water partition coefficient (Wildman–Crippen LogP) is 3.38. The van der Waals surface area contributed by atoms with Gasteiger partial charge in [0.05, 0.1) is 11.6 Å². The zero-order valence-corrected chi connectivity index (χ0v) is 12.5. The van der Waals surface area contributed by atoms with Crippen molar-refractivity contribution in [1.82, 2.24) is 5.43 Å². The topological polar surface area (TPSA) is 47.3 Å². The van der Waals surface area contributed by atoms with Crippen LogP contribution in [0.3, 0.4) is 0 Å². The lowest BCUT2D eigenvalue weighted by atomic mass is 9.74. The maximum Gasteiger partial charge on any atom is 0.0848 e. The van der Waals surface area contributed by atoms with Crippen molar-refractivity contribution in [3.8, 4) is 0 Å². The Hall–Kier alpha value is -0.120. The molecule has 0 spiro atoms. The van der Waals surface area contributed by atoms with E-state index in [1.165, 1.54) is 32.1 Å². The van der Waals surface area contributed by atoms with Crippen LogP contribution in [0.1, 0.15) is 72.1 Å². The summed E-state index contributed by atoms with van der Waals surface area (Å²) in [6.07, 6.45) is 9.78. The van der Waals surface area contributed by atoms with Gasteiger partial charge in [0.1, 0.15) is 0 Å². The Morgan fingerprint density at radius 1 is 1.28 bits per heavy atom. The first-order valence-corrected chi connectivity index (χ1v) is 7.78. The van der Waals surface area contributed by atoms with Crippen LogP contribution in [0.25, 0.3) is 0 Å². The van der Waals surface area contributed by atoms with Crippen molar-refractivity contribution in [2.45, 2.75) is 83.8 Å². The summed E-state index contributed by atoms with van der Waals surface area (Å²) in [5, 5.41) is 0. The molecule has 0 aliphatic heterocycles. The van der Waals surface area contributed by atoms with Gasteiger partial charge in [-0.05, 0) is 44.9 Å². The van der Waals surface area contributed by atoms with Crippen molar-refractivity contribution < 1.29 is 4.74 Å². The highest BCUT2D eigenvalue weighted by Gasteiger charge is 2.41. The SMILES string of the molecule is CCCCCC(NN)C1(OCC)CCC(C)CC1. The summed E-state index contributed by atoms with van der Waals surface area (Å²) in [5.74, 6) is 6.65. The van der Waals surface area contributed by atoms with Gasteiger partial charge in [-0.1, -0.05) is 33.1 Å². The normalized spacial score (nSPS) is 30.3. The summed E-state index contributed by atoms with van der Waals surface area (Å²) in [7, 11) is 0. The molecule has 0 bridgehead atoms. The van der Waals surface area contributed by atoms with Gasteiger partial charge < -0.3 is 4.74 Å². The van der Waals surface area contributed by atoms with Crippen LogP contribution in [0.15, 0.2) is 0 Å². The molecule has 3 N–H and O–H groups in total. The molecule has 108 valence electrons. The quantitative estimate of drug-likeness (QED) is 0.397. The van der Waals surface area contributed by atoms with Gasteiger partial charge in [-0.25, -0.2) is 0 Å². The molecule has 1 rings (SSSR count). The van der Waals surface area contributed by atoms with E-state index < -0.39 is 0 Å². The zero-order valence-electron chi connectivity index (χ0n) is 12.5. The number of nitrogens with two attached hydrogens (primary N) is 1. The highest BCUT2D eigenvalue weighted by molar-refractivity contribution is 4.95. The Balaban J connectivity index is 2.61. The minimum absolute atomic E-state index is 0.0102. The lowest BCUT2D eigenvalue weighted by Gasteiger charge is -2.44. The number of hydrogen-bond acceptors (Lipinski definition) is 3. The van der Waals surface area contributed by atoms with Crippen LogP contribution in [0.5, 0.6) is 0 Å². The third-order valence-electron chi connectivity index (χ3n) is 4.49. The minimum atomic E-state index is -0.0102. The average molecular weight is 256 g/mol. The van der Waals surface area contributed by atoms with E-state index in [-0.39, 0.29) is 5.60 Å². The van der Waals surface area contributed by atoms with E-state index in [1.807, 2.05) is 0 Å². The van der Waals surface area contributed by atoms with Crippen molar-refractivity contribution in [2.24, 2.45) is 11.8 Å². The highest BCUT2D eigenvalue weighted by Crippen LogP contribution is 2.38. The lowest BCUT2D eigenvalue weighted by molar-refractivity contribution is -0.0981. The Bertz CT molecular complexity index is 213. The van der Waals surface area contributed by atoms with Crippen LogP contribution < -0.4 is 11.3 Å². The first-order valence-electron chi connectivity index (χ1n) is 7.78. The molecule has 1 saturated carbocycles. The van der Waals surface area contributed by atoms with Crippen molar-refractivity contribution >= 4 is 0 Å². The third kappa shape index (κ3) is 4.22. The molecule has 1 fully saturated rings. The number of nitrogens with one attached hydrogen (secondary N) is 1. The lowest BCUT2D eigenvalue weighted by Crippen LogP contribution is -2.56. The average Bonchev–Trinajstić information content (AvgIpc) is 2.38. The van der Waals surface area contributed by atoms with Crippen LogP contribution in [-0.4, -0.2) is 18.2 Å². The zero-order chi connectivity index (χ0) is 13.4. The molecule has 1 unspecified atom stereocenters. The second-order valence-electron chi connectivity index (χ2n) is 5.90. The fourth-order valence-corrected chi connectivity index (χ4v) is 3.23. The van der Waals surface area contributed by atoms with E-state index in [2.05, 4.69) is 26.2 Å². The molecule has 1 aliphatic rings. The molecule has 0 amide bonds. The monoisotopic (exact) mass is 256 g/mol. The number of hydrogen-bond donors (Lipinski definition) is 2. The van der Waals surface area contributed by atoms with E-state index in [9.17, 15) is 0 Å². The Labute approximate surface area is 113 Å². The smallest absolute Gasteiger partial charge is 0.0848 e. The van der Waals surface area contributed by atoms with Crippen LogP contribution >= 0.6 is 0 Å². The number of ether oxygens (including phenoxy) is 1. The highest BCUT2D eigenvalue weighted by atomic mass is 16.5. The van der Waals surface area contributed by atoms with Gasteiger partial charge in [-0.3, -0.25) is 11.3 Å². The molecule has 3 heteroatoms. The summed E-state index contributed by atoms with van der Waals surface area (Å²) in [5.41, 5.74) is 3.04. The predicted molar refractivity (Wildman–Crippen MR) is 77.2 cm³/mol. The van der Waals surface area contributed by atoms with Gasteiger partial charge in [-0.2, -0.15) is 0 Å². The van der Waals surface area contributed by atoms with E-state index >= 15 is 0 Å². The number of hydrazine groups is 1. The molecule has 0 aromatic carbocycles. The molecular weight excluding hydrogens is 224 g/mol. The van der Waals surface area contributed by atoms with E-state index in [0.29, 0.717) is 6.04 Å². The summed E-state index contributed by atoms with van der Waals surface area (Å²) >= 11 is 0. The molecule has 0 aromatic rings. The molecule has 0 heterocycles. The molecule has 0 saturated heterocycles. The molecule has 1 atom stereocenters. The van der Waals surface area contributed by atoms with Crippen LogP contribution in [0, 0.1) is 5.92 Å². The first kappa shape index (κ1) is 15.9. The Morgan fingerprint density at radius 3 is 2.44 bits per heavy atom. The summed E-state index contributed by atoms with van der Waals surface area (Å²) in [6.45, 7) is 7.48. The largest absolute Gasteiger partial charge is 0.374 e. The van der Waals surface area contributed by atoms with Gasteiger partial charge in [-0.15, -0.1) is 0 Å². The second kappa shape index (κ2) is 8.13. The Morgan fingerprint density at radius 2 is 1.94 bits per heavy atom.